The minimum Gasteiger partial charge on any atom is -0.204 e. The van der Waals surface area contributed by atoms with Crippen LogP contribution in [0.3, 0.4) is 0 Å². The molecule has 0 unspecified atom stereocenters. The van der Waals surface area contributed by atoms with E-state index < -0.39 is 0 Å². The van der Waals surface area contributed by atoms with Crippen molar-refractivity contribution >= 4 is 40.5 Å². The summed E-state index contributed by atoms with van der Waals surface area (Å²) in [5.41, 5.74) is 7.01. The lowest BCUT2D eigenvalue weighted by atomic mass is 10.3. The van der Waals surface area contributed by atoms with Gasteiger partial charge in [0.2, 0.25) is 0 Å². The van der Waals surface area contributed by atoms with Crippen molar-refractivity contribution in [1.29, 1.82) is 5.53 Å². The fourth-order valence-corrected chi connectivity index (χ4v) is 1.18. The second-order valence-corrected chi connectivity index (χ2v) is 3.05. The molecule has 0 aliphatic heterocycles. The fourth-order valence-electron chi connectivity index (χ4n) is 0.598. The summed E-state index contributed by atoms with van der Waals surface area (Å²) >= 11 is 16.9. The smallest absolute Gasteiger partial charge is 0.105 e. The third-order valence-electron chi connectivity index (χ3n) is 1.11. The molecule has 0 saturated heterocycles. The van der Waals surface area contributed by atoms with E-state index in [4.69, 9.17) is 40.3 Å². The van der Waals surface area contributed by atoms with Gasteiger partial charge in [0.25, 0.3) is 0 Å². The number of nitrogens with zero attached hydrogens (tertiary/aromatic N) is 1. The van der Waals surface area contributed by atoms with Gasteiger partial charge in [-0.05, 0) is 12.1 Å². The first-order valence-corrected chi connectivity index (χ1v) is 3.80. The van der Waals surface area contributed by atoms with E-state index in [0.29, 0.717) is 20.8 Å². The molecule has 1 rings (SSSR count). The van der Waals surface area contributed by atoms with Crippen molar-refractivity contribution in [2.75, 3.05) is 0 Å². The Bertz CT molecular complexity index is 298. The largest absolute Gasteiger partial charge is 0.204 e. The topological polar surface area (TPSA) is 36.2 Å². The van der Waals surface area contributed by atoms with Gasteiger partial charge in [0, 0.05) is 0 Å². The Labute approximate surface area is 78.6 Å². The van der Waals surface area contributed by atoms with Gasteiger partial charge < -0.3 is 0 Å². The Balaban J connectivity index is 3.31. The molecule has 0 amide bonds. The normalized spacial score (nSPS) is 9.73. The highest BCUT2D eigenvalue weighted by Gasteiger charge is 2.03. The van der Waals surface area contributed by atoms with E-state index in [1.807, 2.05) is 0 Å². The minimum atomic E-state index is 0.320. The van der Waals surface area contributed by atoms with Crippen molar-refractivity contribution in [3.63, 3.8) is 0 Å². The third-order valence-corrected chi connectivity index (χ3v) is 2.14. The van der Waals surface area contributed by atoms with Crippen LogP contribution in [0.2, 0.25) is 15.1 Å². The second kappa shape index (κ2) is 3.39. The van der Waals surface area contributed by atoms with Crippen molar-refractivity contribution in [3.8, 4) is 0 Å². The Morgan fingerprint density at radius 3 is 2.09 bits per heavy atom. The number of hydrogen-bond acceptors (Lipinski definition) is 2. The van der Waals surface area contributed by atoms with Gasteiger partial charge in [-0.15, -0.1) is 0 Å². The summed E-state index contributed by atoms with van der Waals surface area (Å²) in [4.78, 5) is 0. The van der Waals surface area contributed by atoms with Gasteiger partial charge in [-0.1, -0.05) is 34.8 Å². The zero-order chi connectivity index (χ0) is 8.43. The van der Waals surface area contributed by atoms with Crippen molar-refractivity contribution in [1.82, 2.24) is 0 Å². The summed E-state index contributed by atoms with van der Waals surface area (Å²) in [6.07, 6.45) is 0. The number of halogens is 3. The zero-order valence-electron chi connectivity index (χ0n) is 5.24. The number of hydrogen-bond donors (Lipinski definition) is 1. The van der Waals surface area contributed by atoms with Crippen LogP contribution in [-0.4, -0.2) is 0 Å². The van der Waals surface area contributed by atoms with Gasteiger partial charge in [-0.3, -0.25) is 0 Å². The molecular weight excluding hydrogens is 206 g/mol. The molecule has 0 heterocycles. The molecule has 5 heteroatoms. The first-order chi connectivity index (χ1) is 5.15. The molecular formula is C6H3Cl3N2. The number of nitrogens with one attached hydrogen (secondary N) is 1. The van der Waals surface area contributed by atoms with E-state index in [9.17, 15) is 0 Å². The molecule has 0 aliphatic rings. The molecule has 11 heavy (non-hydrogen) atoms. The third kappa shape index (κ3) is 1.83. The van der Waals surface area contributed by atoms with Crippen molar-refractivity contribution in [3.05, 3.63) is 27.2 Å². The average molecular weight is 209 g/mol. The van der Waals surface area contributed by atoms with Gasteiger partial charge >= 0.3 is 0 Å². The van der Waals surface area contributed by atoms with Crippen molar-refractivity contribution < 1.29 is 0 Å². The lowest BCUT2D eigenvalue weighted by Gasteiger charge is -1.98. The van der Waals surface area contributed by atoms with Gasteiger partial charge in [-0.25, -0.2) is 5.53 Å². The minimum absolute atomic E-state index is 0.320. The van der Waals surface area contributed by atoms with Crippen LogP contribution in [0.15, 0.2) is 17.2 Å². The molecule has 0 saturated carbocycles. The van der Waals surface area contributed by atoms with Crippen LogP contribution in [0.1, 0.15) is 0 Å². The number of benzene rings is 1. The summed E-state index contributed by atoms with van der Waals surface area (Å²) in [5.74, 6) is 0. The maximum atomic E-state index is 6.69. The van der Waals surface area contributed by atoms with E-state index in [0.717, 1.165) is 0 Å². The Hall–Kier alpha value is -0.310. The SMILES string of the molecule is N=Nc1cc(Cl)c(Cl)cc1Cl. The lowest BCUT2D eigenvalue weighted by Crippen LogP contribution is -1.70. The Morgan fingerprint density at radius 1 is 1.00 bits per heavy atom. The first kappa shape index (κ1) is 8.78. The van der Waals surface area contributed by atoms with E-state index in [-0.39, 0.29) is 0 Å². The molecule has 1 N–H and O–H groups in total. The molecule has 0 radical (unpaired) electrons. The quantitative estimate of drug-likeness (QED) is 0.528. The lowest BCUT2D eigenvalue weighted by molar-refractivity contribution is 1.15. The molecule has 2 nitrogen and oxygen atoms in total. The van der Waals surface area contributed by atoms with Crippen LogP contribution in [-0.2, 0) is 0 Å². The fraction of sp³-hybridized carbons (Fsp3) is 0. The first-order valence-electron chi connectivity index (χ1n) is 2.67. The molecule has 58 valence electrons. The zero-order valence-corrected chi connectivity index (χ0v) is 7.50. The second-order valence-electron chi connectivity index (χ2n) is 1.83. The molecule has 0 bridgehead atoms. The Morgan fingerprint density at radius 2 is 1.55 bits per heavy atom. The maximum absolute atomic E-state index is 6.69. The average Bonchev–Trinajstić information content (AvgIpc) is 1.97. The molecule has 0 atom stereocenters. The van der Waals surface area contributed by atoms with Crippen LogP contribution in [0.5, 0.6) is 0 Å². The Kier molecular flexibility index (Phi) is 2.71. The maximum Gasteiger partial charge on any atom is 0.105 e. The predicted molar refractivity (Wildman–Crippen MR) is 46.3 cm³/mol. The standard InChI is InChI=1S/C6H3Cl3N2/c7-3-1-5(9)6(11-10)2-4(3)8/h1-2,10H. The van der Waals surface area contributed by atoms with Crippen LogP contribution in [0, 0.1) is 5.53 Å². The summed E-state index contributed by atoms with van der Waals surface area (Å²) in [6, 6.07) is 2.90. The highest BCUT2D eigenvalue weighted by Crippen LogP contribution is 2.33. The molecule has 1 aromatic rings. The highest BCUT2D eigenvalue weighted by atomic mass is 35.5. The van der Waals surface area contributed by atoms with Gasteiger partial charge in [0.15, 0.2) is 0 Å². The van der Waals surface area contributed by atoms with Crippen LogP contribution in [0.4, 0.5) is 5.69 Å². The van der Waals surface area contributed by atoms with Crippen molar-refractivity contribution in [2.24, 2.45) is 5.11 Å². The molecule has 0 aromatic heterocycles. The van der Waals surface area contributed by atoms with Crippen LogP contribution in [0.25, 0.3) is 0 Å². The molecule has 0 aliphatic carbocycles. The van der Waals surface area contributed by atoms with Crippen molar-refractivity contribution in [2.45, 2.75) is 0 Å². The van der Waals surface area contributed by atoms with Gasteiger partial charge in [0.1, 0.15) is 5.69 Å². The van der Waals surface area contributed by atoms with E-state index in [1.165, 1.54) is 12.1 Å². The van der Waals surface area contributed by atoms with Gasteiger partial charge in [0.05, 0.1) is 15.1 Å². The summed E-state index contributed by atoms with van der Waals surface area (Å²) < 4.78 is 0. The monoisotopic (exact) mass is 208 g/mol. The molecule has 0 fully saturated rings. The van der Waals surface area contributed by atoms with E-state index >= 15 is 0 Å². The van der Waals surface area contributed by atoms with E-state index in [2.05, 4.69) is 5.11 Å². The summed E-state index contributed by atoms with van der Waals surface area (Å²) in [7, 11) is 0. The highest BCUT2D eigenvalue weighted by molar-refractivity contribution is 6.43. The van der Waals surface area contributed by atoms with Crippen LogP contribution < -0.4 is 0 Å². The summed E-state index contributed by atoms with van der Waals surface area (Å²) in [6.45, 7) is 0. The van der Waals surface area contributed by atoms with Gasteiger partial charge in [-0.2, -0.15) is 5.11 Å². The number of rotatable bonds is 1. The predicted octanol–water partition coefficient (Wildman–Crippen LogP) is 4.31. The molecule has 0 spiro atoms. The summed E-state index contributed by atoms with van der Waals surface area (Å²) in [5, 5.41) is 4.19. The van der Waals surface area contributed by atoms with Crippen LogP contribution >= 0.6 is 34.8 Å². The molecule has 1 aromatic carbocycles. The van der Waals surface area contributed by atoms with E-state index in [1.54, 1.807) is 0 Å².